The van der Waals surface area contributed by atoms with Gasteiger partial charge in [0, 0.05) is 0 Å². The summed E-state index contributed by atoms with van der Waals surface area (Å²) in [6.07, 6.45) is 2.96. The number of carbonyl (C=O) groups excluding carboxylic acids is 1. The quantitative estimate of drug-likeness (QED) is 0.775. The van der Waals surface area contributed by atoms with Crippen LogP contribution in [0.15, 0.2) is 12.4 Å². The summed E-state index contributed by atoms with van der Waals surface area (Å²) in [7, 11) is 0. The molecule has 2 heterocycles. The second-order valence-electron chi connectivity index (χ2n) is 5.00. The molecule has 0 unspecified atom stereocenters. The molecule has 0 atom stereocenters. The average molecular weight is 239 g/mol. The van der Waals surface area contributed by atoms with E-state index in [1.807, 2.05) is 25.8 Å². The lowest BCUT2D eigenvalue weighted by Gasteiger charge is -2.42. The van der Waals surface area contributed by atoms with Gasteiger partial charge in [0.15, 0.2) is 0 Å². The first-order valence-corrected chi connectivity index (χ1v) is 5.38. The molecule has 0 aliphatic carbocycles. The Morgan fingerprint density at radius 2 is 2.12 bits per heavy atom. The second kappa shape index (κ2) is 3.83. The van der Waals surface area contributed by atoms with E-state index < -0.39 is 5.60 Å². The van der Waals surface area contributed by atoms with Crippen molar-refractivity contribution in [3.63, 3.8) is 0 Å². The molecule has 0 radical (unpaired) electrons. The number of carbonyl (C=O) groups is 1. The van der Waals surface area contributed by atoms with Gasteiger partial charge in [0.2, 0.25) is 0 Å². The molecule has 1 fully saturated rings. The standard InChI is InChI=1S/C10H17N5O2/c1-10(2,3)17-9(16)13-6-14(7-13)15-5-8(11)4-12-15/h4-5H,6-7,11H2,1-3H3. The number of rotatable bonds is 1. The highest BCUT2D eigenvalue weighted by Gasteiger charge is 2.32. The van der Waals surface area contributed by atoms with Gasteiger partial charge in [-0.05, 0) is 20.8 Å². The maximum atomic E-state index is 11.6. The van der Waals surface area contributed by atoms with E-state index in [0.717, 1.165) is 0 Å². The van der Waals surface area contributed by atoms with Crippen molar-refractivity contribution in [3.8, 4) is 0 Å². The summed E-state index contributed by atoms with van der Waals surface area (Å²) < 4.78 is 5.24. The van der Waals surface area contributed by atoms with Gasteiger partial charge in [-0.1, -0.05) is 0 Å². The zero-order chi connectivity index (χ0) is 12.6. The van der Waals surface area contributed by atoms with E-state index in [1.165, 1.54) is 0 Å². The Morgan fingerprint density at radius 3 is 2.59 bits per heavy atom. The molecule has 2 rings (SSSR count). The van der Waals surface area contributed by atoms with E-state index in [4.69, 9.17) is 10.5 Å². The van der Waals surface area contributed by atoms with Crippen LogP contribution < -0.4 is 10.7 Å². The molecule has 1 aromatic heterocycles. The van der Waals surface area contributed by atoms with E-state index in [1.54, 1.807) is 22.1 Å². The van der Waals surface area contributed by atoms with Crippen molar-refractivity contribution in [2.24, 2.45) is 0 Å². The zero-order valence-corrected chi connectivity index (χ0v) is 10.3. The molecule has 0 saturated carbocycles. The first-order valence-electron chi connectivity index (χ1n) is 5.38. The van der Waals surface area contributed by atoms with Crippen molar-refractivity contribution >= 4 is 11.8 Å². The van der Waals surface area contributed by atoms with Crippen LogP contribution in [0.25, 0.3) is 0 Å². The van der Waals surface area contributed by atoms with Gasteiger partial charge in [0.05, 0.1) is 18.1 Å². The van der Waals surface area contributed by atoms with Gasteiger partial charge >= 0.3 is 6.09 Å². The SMILES string of the molecule is CC(C)(C)OC(=O)N1CN(n2cc(N)cn2)C1. The van der Waals surface area contributed by atoms with Gasteiger partial charge in [0.25, 0.3) is 0 Å². The Bertz CT molecular complexity index is 417. The molecule has 1 saturated heterocycles. The lowest BCUT2D eigenvalue weighted by atomic mass is 10.2. The summed E-state index contributed by atoms with van der Waals surface area (Å²) in [5, 5.41) is 5.91. The minimum Gasteiger partial charge on any atom is -0.444 e. The van der Waals surface area contributed by atoms with Crippen molar-refractivity contribution in [2.45, 2.75) is 26.4 Å². The summed E-state index contributed by atoms with van der Waals surface area (Å²) >= 11 is 0. The van der Waals surface area contributed by atoms with Gasteiger partial charge in [-0.15, -0.1) is 0 Å². The number of ether oxygens (including phenoxy) is 1. The van der Waals surface area contributed by atoms with Crippen LogP contribution in [0.5, 0.6) is 0 Å². The van der Waals surface area contributed by atoms with Crippen molar-refractivity contribution in [2.75, 3.05) is 24.1 Å². The lowest BCUT2D eigenvalue weighted by molar-refractivity contribution is 0.00717. The lowest BCUT2D eigenvalue weighted by Crippen LogP contribution is -2.63. The van der Waals surface area contributed by atoms with Gasteiger partial charge in [-0.2, -0.15) is 9.89 Å². The minimum absolute atomic E-state index is 0.311. The van der Waals surface area contributed by atoms with Crippen LogP contribution in [0.4, 0.5) is 10.5 Å². The third kappa shape index (κ3) is 2.61. The van der Waals surface area contributed by atoms with E-state index in [-0.39, 0.29) is 6.09 Å². The summed E-state index contributed by atoms with van der Waals surface area (Å²) in [4.78, 5) is 14.9. The number of aromatic nitrogens is 2. The number of nitrogen functional groups attached to an aromatic ring is 1. The number of anilines is 1. The Hall–Kier alpha value is -1.92. The predicted molar refractivity (Wildman–Crippen MR) is 62.7 cm³/mol. The fraction of sp³-hybridized carbons (Fsp3) is 0.600. The topological polar surface area (TPSA) is 76.6 Å². The Kier molecular flexibility index (Phi) is 2.60. The smallest absolute Gasteiger partial charge is 0.413 e. The van der Waals surface area contributed by atoms with Crippen LogP contribution in [0.1, 0.15) is 20.8 Å². The molecule has 1 aliphatic rings. The third-order valence-corrected chi connectivity index (χ3v) is 2.20. The third-order valence-electron chi connectivity index (χ3n) is 2.20. The van der Waals surface area contributed by atoms with Gasteiger partial charge in [-0.25, -0.2) is 4.79 Å². The molecule has 17 heavy (non-hydrogen) atoms. The normalized spacial score (nSPS) is 15.7. The maximum absolute atomic E-state index is 11.6. The fourth-order valence-electron chi connectivity index (χ4n) is 1.40. The van der Waals surface area contributed by atoms with E-state index in [0.29, 0.717) is 19.0 Å². The van der Waals surface area contributed by atoms with E-state index >= 15 is 0 Å². The Balaban J connectivity index is 1.85. The highest BCUT2D eigenvalue weighted by molar-refractivity contribution is 5.69. The molecule has 1 amide bonds. The molecule has 7 heteroatoms. The van der Waals surface area contributed by atoms with Crippen LogP contribution in [0, 0.1) is 0 Å². The van der Waals surface area contributed by atoms with Gasteiger partial charge in [-0.3, -0.25) is 9.91 Å². The van der Waals surface area contributed by atoms with Crippen LogP contribution >= 0.6 is 0 Å². The Labute approximate surface area is 99.7 Å². The molecule has 0 aromatic carbocycles. The predicted octanol–water partition coefficient (Wildman–Crippen LogP) is 0.569. The van der Waals surface area contributed by atoms with E-state index in [9.17, 15) is 4.79 Å². The monoisotopic (exact) mass is 239 g/mol. The minimum atomic E-state index is -0.465. The Morgan fingerprint density at radius 1 is 1.47 bits per heavy atom. The summed E-state index contributed by atoms with van der Waals surface area (Å²) in [6.45, 7) is 6.44. The molecule has 0 bridgehead atoms. The number of nitrogens with two attached hydrogens (primary N) is 1. The average Bonchev–Trinajstić information content (AvgIpc) is 2.45. The number of amides is 1. The molecule has 2 N–H and O–H groups in total. The van der Waals surface area contributed by atoms with Crippen LogP contribution in [0.3, 0.4) is 0 Å². The highest BCUT2D eigenvalue weighted by Crippen LogP contribution is 2.15. The number of hydrogen-bond acceptors (Lipinski definition) is 5. The second-order valence-corrected chi connectivity index (χ2v) is 5.00. The summed E-state index contributed by atoms with van der Waals surface area (Å²) in [5.41, 5.74) is 5.69. The summed E-state index contributed by atoms with van der Waals surface area (Å²) in [6, 6.07) is 0. The largest absolute Gasteiger partial charge is 0.444 e. The molecular weight excluding hydrogens is 222 g/mol. The first-order chi connectivity index (χ1) is 7.85. The van der Waals surface area contributed by atoms with E-state index in [2.05, 4.69) is 5.10 Å². The maximum Gasteiger partial charge on any atom is 0.413 e. The molecule has 0 spiro atoms. The highest BCUT2D eigenvalue weighted by atomic mass is 16.6. The van der Waals surface area contributed by atoms with Crippen LogP contribution in [-0.2, 0) is 4.74 Å². The first kappa shape index (κ1) is 11.6. The van der Waals surface area contributed by atoms with Crippen LogP contribution in [-0.4, -0.2) is 39.8 Å². The van der Waals surface area contributed by atoms with Crippen molar-refractivity contribution in [3.05, 3.63) is 12.4 Å². The number of nitrogens with zero attached hydrogens (tertiary/aromatic N) is 4. The molecule has 1 aliphatic heterocycles. The molecule has 1 aromatic rings. The van der Waals surface area contributed by atoms with Crippen molar-refractivity contribution in [1.29, 1.82) is 0 Å². The van der Waals surface area contributed by atoms with Gasteiger partial charge in [0.1, 0.15) is 18.9 Å². The summed E-state index contributed by atoms with van der Waals surface area (Å²) in [5.74, 6) is 0. The number of hydrogen-bond donors (Lipinski definition) is 1. The van der Waals surface area contributed by atoms with Crippen LogP contribution in [0.2, 0.25) is 0 Å². The fourth-order valence-corrected chi connectivity index (χ4v) is 1.40. The molecular formula is C10H17N5O2. The molecule has 7 nitrogen and oxygen atoms in total. The van der Waals surface area contributed by atoms with Gasteiger partial charge < -0.3 is 10.5 Å². The van der Waals surface area contributed by atoms with Crippen molar-refractivity contribution in [1.82, 2.24) is 14.8 Å². The zero-order valence-electron chi connectivity index (χ0n) is 10.3. The van der Waals surface area contributed by atoms with Crippen molar-refractivity contribution < 1.29 is 9.53 Å². The molecule has 94 valence electrons.